The molecule has 0 saturated carbocycles. The van der Waals surface area contributed by atoms with Crippen LogP contribution in [0.5, 0.6) is 0 Å². The highest BCUT2D eigenvalue weighted by molar-refractivity contribution is 9.10. The zero-order valence-corrected chi connectivity index (χ0v) is 8.38. The molecule has 0 aliphatic rings. The zero-order valence-electron chi connectivity index (χ0n) is 5.97. The van der Waals surface area contributed by atoms with Crippen LogP contribution in [0.15, 0.2) is 22.7 Å². The standard InChI is InChI=1S/C7H6BrFN2S/c8-6-4(7(12)11-10)2-1-3-5(6)9/h1-3H,10H2,(H,11,12). The Hall–Kier alpha value is -0.520. The lowest BCUT2D eigenvalue weighted by Gasteiger charge is -2.05. The van der Waals surface area contributed by atoms with Gasteiger partial charge < -0.3 is 5.43 Å². The lowest BCUT2D eigenvalue weighted by atomic mass is 10.2. The summed E-state index contributed by atoms with van der Waals surface area (Å²) in [7, 11) is 0. The van der Waals surface area contributed by atoms with Crippen molar-refractivity contribution in [2.24, 2.45) is 5.84 Å². The predicted octanol–water partition coefficient (Wildman–Crippen LogP) is 1.73. The molecule has 0 saturated heterocycles. The SMILES string of the molecule is NNC(=S)c1cccc(F)c1Br. The van der Waals surface area contributed by atoms with Crippen LogP contribution in [0.4, 0.5) is 4.39 Å². The fourth-order valence-corrected chi connectivity index (χ4v) is 1.52. The number of nitrogens with two attached hydrogens (primary N) is 1. The zero-order chi connectivity index (χ0) is 9.14. The first kappa shape index (κ1) is 9.57. The number of hydrogen-bond acceptors (Lipinski definition) is 2. The van der Waals surface area contributed by atoms with Gasteiger partial charge in [-0.15, -0.1) is 0 Å². The molecule has 1 aromatic rings. The summed E-state index contributed by atoms with van der Waals surface area (Å²) in [5.74, 6) is 4.73. The average molecular weight is 249 g/mol. The minimum absolute atomic E-state index is 0.307. The number of hydrogen-bond donors (Lipinski definition) is 2. The summed E-state index contributed by atoms with van der Waals surface area (Å²) in [5, 5.41) is 0. The van der Waals surface area contributed by atoms with Crippen LogP contribution in [0.3, 0.4) is 0 Å². The monoisotopic (exact) mass is 248 g/mol. The largest absolute Gasteiger partial charge is 0.314 e. The summed E-state index contributed by atoms with van der Waals surface area (Å²) >= 11 is 7.90. The van der Waals surface area contributed by atoms with E-state index in [1.54, 1.807) is 12.1 Å². The number of thiocarbonyl (C=S) groups is 1. The highest BCUT2D eigenvalue weighted by Crippen LogP contribution is 2.20. The molecule has 0 aliphatic heterocycles. The molecule has 0 spiro atoms. The lowest BCUT2D eigenvalue weighted by molar-refractivity contribution is 0.620. The van der Waals surface area contributed by atoms with Gasteiger partial charge in [0.25, 0.3) is 0 Å². The Kier molecular flexibility index (Phi) is 3.13. The molecule has 1 aromatic carbocycles. The molecule has 0 fully saturated rings. The smallest absolute Gasteiger partial charge is 0.138 e. The molecular formula is C7H6BrFN2S. The van der Waals surface area contributed by atoms with Crippen molar-refractivity contribution in [3.8, 4) is 0 Å². The van der Waals surface area contributed by atoms with Gasteiger partial charge in [0, 0.05) is 5.56 Å². The summed E-state index contributed by atoms with van der Waals surface area (Å²) in [6, 6.07) is 4.58. The van der Waals surface area contributed by atoms with E-state index < -0.39 is 0 Å². The number of hydrazine groups is 1. The number of rotatable bonds is 1. The third kappa shape index (κ3) is 1.80. The molecule has 0 heterocycles. The lowest BCUT2D eigenvalue weighted by Crippen LogP contribution is -2.29. The van der Waals surface area contributed by atoms with Gasteiger partial charge >= 0.3 is 0 Å². The second-order valence-corrected chi connectivity index (χ2v) is 3.28. The quantitative estimate of drug-likeness (QED) is 0.452. The van der Waals surface area contributed by atoms with Crippen LogP contribution in [0, 0.1) is 5.82 Å². The summed E-state index contributed by atoms with van der Waals surface area (Å²) < 4.78 is 13.2. The Labute approximate surface area is 83.0 Å². The molecule has 0 aliphatic carbocycles. The van der Waals surface area contributed by atoms with Crippen molar-refractivity contribution >= 4 is 33.1 Å². The number of halogens is 2. The van der Waals surface area contributed by atoms with Gasteiger partial charge in [-0.3, -0.25) is 0 Å². The van der Waals surface area contributed by atoms with Crippen molar-refractivity contribution in [3.05, 3.63) is 34.1 Å². The average Bonchev–Trinajstić information content (AvgIpc) is 2.08. The van der Waals surface area contributed by atoms with Crippen molar-refractivity contribution in [1.29, 1.82) is 0 Å². The van der Waals surface area contributed by atoms with Gasteiger partial charge in [-0.25, -0.2) is 10.2 Å². The van der Waals surface area contributed by atoms with E-state index in [4.69, 9.17) is 18.1 Å². The molecule has 0 amide bonds. The van der Waals surface area contributed by atoms with Crippen LogP contribution in [0.25, 0.3) is 0 Å². The van der Waals surface area contributed by atoms with E-state index >= 15 is 0 Å². The van der Waals surface area contributed by atoms with Crippen LogP contribution in [0.1, 0.15) is 5.56 Å². The van der Waals surface area contributed by atoms with Crippen LogP contribution < -0.4 is 11.3 Å². The molecule has 12 heavy (non-hydrogen) atoms. The molecule has 0 radical (unpaired) electrons. The maximum absolute atomic E-state index is 12.9. The molecule has 5 heteroatoms. The van der Waals surface area contributed by atoms with Crippen molar-refractivity contribution in [3.63, 3.8) is 0 Å². The molecule has 0 unspecified atom stereocenters. The first-order chi connectivity index (χ1) is 5.66. The van der Waals surface area contributed by atoms with Crippen LogP contribution >= 0.6 is 28.1 Å². The molecular weight excluding hydrogens is 243 g/mol. The number of benzene rings is 1. The van der Waals surface area contributed by atoms with Crippen LogP contribution in [-0.4, -0.2) is 4.99 Å². The summed E-state index contributed by atoms with van der Waals surface area (Å²) in [4.78, 5) is 0.307. The minimum atomic E-state index is -0.356. The van der Waals surface area contributed by atoms with Gasteiger partial charge in [0.15, 0.2) is 0 Å². The summed E-state index contributed by atoms with van der Waals surface area (Å²) in [6.45, 7) is 0. The fraction of sp³-hybridized carbons (Fsp3) is 0. The maximum Gasteiger partial charge on any atom is 0.138 e. The van der Waals surface area contributed by atoms with E-state index in [0.29, 0.717) is 15.0 Å². The molecule has 64 valence electrons. The van der Waals surface area contributed by atoms with E-state index in [1.165, 1.54) is 6.07 Å². The van der Waals surface area contributed by atoms with Gasteiger partial charge in [-0.2, -0.15) is 0 Å². The Bertz CT molecular complexity index is 316. The Morgan fingerprint density at radius 2 is 2.25 bits per heavy atom. The Balaban J connectivity index is 3.16. The van der Waals surface area contributed by atoms with Gasteiger partial charge in [-0.1, -0.05) is 24.4 Å². The van der Waals surface area contributed by atoms with Crippen molar-refractivity contribution < 1.29 is 4.39 Å². The molecule has 0 bridgehead atoms. The second kappa shape index (κ2) is 3.93. The van der Waals surface area contributed by atoms with Gasteiger partial charge in [0.1, 0.15) is 10.8 Å². The number of nitrogens with one attached hydrogen (secondary N) is 1. The molecule has 1 rings (SSSR count). The van der Waals surface area contributed by atoms with E-state index in [9.17, 15) is 4.39 Å². The minimum Gasteiger partial charge on any atom is -0.314 e. The molecule has 2 nitrogen and oxygen atoms in total. The first-order valence-corrected chi connectivity index (χ1v) is 4.32. The Morgan fingerprint density at radius 3 is 2.83 bits per heavy atom. The third-order valence-electron chi connectivity index (χ3n) is 1.33. The summed E-state index contributed by atoms with van der Waals surface area (Å²) in [5.41, 5.74) is 2.83. The van der Waals surface area contributed by atoms with E-state index in [1.807, 2.05) is 0 Å². The first-order valence-electron chi connectivity index (χ1n) is 3.11. The molecule has 0 aromatic heterocycles. The second-order valence-electron chi connectivity index (χ2n) is 2.07. The normalized spacial score (nSPS) is 9.58. The van der Waals surface area contributed by atoms with Gasteiger partial charge in [0.2, 0.25) is 0 Å². The molecule has 3 N–H and O–H groups in total. The van der Waals surface area contributed by atoms with Crippen molar-refractivity contribution in [1.82, 2.24) is 5.43 Å². The van der Waals surface area contributed by atoms with Gasteiger partial charge in [-0.05, 0) is 22.0 Å². The predicted molar refractivity (Wildman–Crippen MR) is 53.1 cm³/mol. The van der Waals surface area contributed by atoms with Crippen LogP contribution in [0.2, 0.25) is 0 Å². The highest BCUT2D eigenvalue weighted by atomic mass is 79.9. The maximum atomic E-state index is 12.9. The van der Waals surface area contributed by atoms with Crippen molar-refractivity contribution in [2.45, 2.75) is 0 Å². The Morgan fingerprint density at radius 1 is 1.58 bits per heavy atom. The van der Waals surface area contributed by atoms with E-state index in [0.717, 1.165) is 0 Å². The van der Waals surface area contributed by atoms with E-state index in [-0.39, 0.29) is 5.82 Å². The molecule has 0 atom stereocenters. The van der Waals surface area contributed by atoms with Crippen LogP contribution in [-0.2, 0) is 0 Å². The van der Waals surface area contributed by atoms with E-state index in [2.05, 4.69) is 21.4 Å². The summed E-state index contributed by atoms with van der Waals surface area (Å²) in [6.07, 6.45) is 0. The highest BCUT2D eigenvalue weighted by Gasteiger charge is 2.07. The van der Waals surface area contributed by atoms with Gasteiger partial charge in [0.05, 0.1) is 4.47 Å². The third-order valence-corrected chi connectivity index (χ3v) is 2.47. The topological polar surface area (TPSA) is 38.0 Å². The van der Waals surface area contributed by atoms with Crippen molar-refractivity contribution in [2.75, 3.05) is 0 Å². The fourth-order valence-electron chi connectivity index (χ4n) is 0.757.